The highest BCUT2D eigenvalue weighted by Gasteiger charge is 2.36. The van der Waals surface area contributed by atoms with E-state index in [4.69, 9.17) is 0 Å². The number of imidazole rings is 1. The molecule has 22 heavy (non-hydrogen) atoms. The summed E-state index contributed by atoms with van der Waals surface area (Å²) in [5.41, 5.74) is 1.00. The van der Waals surface area contributed by atoms with Gasteiger partial charge in [-0.25, -0.2) is 17.7 Å². The molecule has 2 aliphatic rings. The van der Waals surface area contributed by atoms with Gasteiger partial charge in [0.2, 0.25) is 10.0 Å². The van der Waals surface area contributed by atoms with Gasteiger partial charge in [0.05, 0.1) is 10.9 Å². The maximum Gasteiger partial charge on any atom is 0.217 e. The average Bonchev–Trinajstić information content (AvgIpc) is 2.87. The number of hydrogen-bond acceptors (Lipinski definition) is 3. The molecule has 0 bridgehead atoms. The first-order valence-electron chi connectivity index (χ1n) is 8.47. The molecule has 1 aromatic rings. The van der Waals surface area contributed by atoms with Crippen LogP contribution in [0.3, 0.4) is 0 Å². The van der Waals surface area contributed by atoms with E-state index in [1.54, 1.807) is 4.31 Å². The van der Waals surface area contributed by atoms with Gasteiger partial charge >= 0.3 is 0 Å². The van der Waals surface area contributed by atoms with E-state index in [1.165, 1.54) is 6.42 Å². The van der Waals surface area contributed by atoms with Gasteiger partial charge in [0, 0.05) is 32.3 Å². The largest absolute Gasteiger partial charge is 0.337 e. The quantitative estimate of drug-likeness (QED) is 0.858. The highest BCUT2D eigenvalue weighted by molar-refractivity contribution is 7.89. The molecule has 124 valence electrons. The topological polar surface area (TPSA) is 55.2 Å². The van der Waals surface area contributed by atoms with Gasteiger partial charge in [0.25, 0.3) is 0 Å². The lowest BCUT2D eigenvalue weighted by molar-refractivity contribution is 0.299. The van der Waals surface area contributed by atoms with Crippen molar-refractivity contribution in [3.05, 3.63) is 17.7 Å². The summed E-state index contributed by atoms with van der Waals surface area (Å²) in [6.45, 7) is 3.27. The zero-order valence-electron chi connectivity index (χ0n) is 13.7. The zero-order chi connectivity index (χ0) is 15.7. The van der Waals surface area contributed by atoms with Crippen LogP contribution >= 0.6 is 0 Å². The molecule has 0 radical (unpaired) electrons. The van der Waals surface area contributed by atoms with Gasteiger partial charge in [-0.05, 0) is 32.6 Å². The van der Waals surface area contributed by atoms with Crippen molar-refractivity contribution >= 4 is 10.0 Å². The molecule has 0 amide bonds. The van der Waals surface area contributed by atoms with Gasteiger partial charge in [0.1, 0.15) is 5.82 Å². The molecule has 0 aromatic carbocycles. The SMILES string of the molecule is Cc1cn(C)c([C@@H]2CCCN(S(=O)(=O)C3CCCCC3)C2)n1. The summed E-state index contributed by atoms with van der Waals surface area (Å²) in [5.74, 6) is 1.26. The molecular weight excluding hydrogens is 298 g/mol. The van der Waals surface area contributed by atoms with Crippen LogP contribution in [0, 0.1) is 6.92 Å². The third-order valence-corrected chi connectivity index (χ3v) is 7.48. The van der Waals surface area contributed by atoms with Gasteiger partial charge in [-0.15, -0.1) is 0 Å². The van der Waals surface area contributed by atoms with Crippen molar-refractivity contribution in [3.8, 4) is 0 Å². The van der Waals surface area contributed by atoms with Crippen molar-refractivity contribution in [3.63, 3.8) is 0 Å². The third-order valence-electron chi connectivity index (χ3n) is 5.12. The molecule has 0 N–H and O–H groups in total. The first-order chi connectivity index (χ1) is 10.5. The second kappa shape index (κ2) is 6.32. The minimum Gasteiger partial charge on any atom is -0.337 e. The van der Waals surface area contributed by atoms with Crippen LogP contribution in [0.15, 0.2) is 6.20 Å². The smallest absolute Gasteiger partial charge is 0.217 e. The summed E-state index contributed by atoms with van der Waals surface area (Å²) in [5, 5.41) is -0.150. The Balaban J connectivity index is 1.76. The van der Waals surface area contributed by atoms with Crippen molar-refractivity contribution < 1.29 is 8.42 Å². The second-order valence-corrected chi connectivity index (χ2v) is 9.07. The Hall–Kier alpha value is -0.880. The molecule has 1 saturated heterocycles. The highest BCUT2D eigenvalue weighted by atomic mass is 32.2. The molecule has 2 fully saturated rings. The molecule has 3 rings (SSSR count). The maximum absolute atomic E-state index is 12.9. The number of hydrogen-bond donors (Lipinski definition) is 0. The van der Waals surface area contributed by atoms with E-state index in [-0.39, 0.29) is 11.2 Å². The highest BCUT2D eigenvalue weighted by Crippen LogP contribution is 2.32. The van der Waals surface area contributed by atoms with E-state index in [1.807, 2.05) is 20.2 Å². The monoisotopic (exact) mass is 325 g/mol. The Kier molecular flexibility index (Phi) is 4.59. The minimum absolute atomic E-state index is 0.150. The van der Waals surface area contributed by atoms with Gasteiger partial charge in [-0.2, -0.15) is 0 Å². The zero-order valence-corrected chi connectivity index (χ0v) is 14.5. The molecule has 1 aromatic heterocycles. The summed E-state index contributed by atoms with van der Waals surface area (Å²) in [6.07, 6.45) is 8.95. The van der Waals surface area contributed by atoms with Crippen LogP contribution in [0.4, 0.5) is 0 Å². The van der Waals surface area contributed by atoms with Gasteiger partial charge in [0.15, 0.2) is 0 Å². The first-order valence-corrected chi connectivity index (χ1v) is 9.97. The van der Waals surface area contributed by atoms with Crippen LogP contribution in [-0.4, -0.2) is 40.6 Å². The number of sulfonamides is 1. The number of nitrogens with zero attached hydrogens (tertiary/aromatic N) is 3. The molecule has 2 heterocycles. The fraction of sp³-hybridized carbons (Fsp3) is 0.812. The van der Waals surface area contributed by atoms with E-state index >= 15 is 0 Å². The Morgan fingerprint density at radius 1 is 1.14 bits per heavy atom. The summed E-state index contributed by atoms with van der Waals surface area (Å²) in [7, 11) is -1.13. The van der Waals surface area contributed by atoms with Crippen molar-refractivity contribution in [1.82, 2.24) is 13.9 Å². The molecule has 1 aliphatic heterocycles. The molecular formula is C16H27N3O2S. The molecule has 1 saturated carbocycles. The number of aryl methyl sites for hydroxylation is 2. The summed E-state index contributed by atoms with van der Waals surface area (Å²) >= 11 is 0. The predicted molar refractivity (Wildman–Crippen MR) is 87.3 cm³/mol. The summed E-state index contributed by atoms with van der Waals surface area (Å²) in [4.78, 5) is 4.60. The Morgan fingerprint density at radius 3 is 2.50 bits per heavy atom. The van der Waals surface area contributed by atoms with E-state index in [2.05, 4.69) is 9.55 Å². The second-order valence-electron chi connectivity index (χ2n) is 6.85. The molecule has 6 heteroatoms. The fourth-order valence-electron chi connectivity index (χ4n) is 3.97. The van der Waals surface area contributed by atoms with Gasteiger partial charge < -0.3 is 4.57 Å². The standard InChI is InChI=1S/C16H27N3O2S/c1-13-11-18(2)16(17-13)14-7-6-10-19(12-14)22(20,21)15-8-4-3-5-9-15/h11,14-15H,3-10,12H2,1-2H3/t14-/m1/s1. The fourth-order valence-corrected chi connectivity index (χ4v) is 6.09. The van der Waals surface area contributed by atoms with Crippen LogP contribution in [-0.2, 0) is 17.1 Å². The third kappa shape index (κ3) is 3.08. The number of aromatic nitrogens is 2. The lowest BCUT2D eigenvalue weighted by atomic mass is 9.99. The first kappa shape index (κ1) is 16.0. The van der Waals surface area contributed by atoms with E-state index in [9.17, 15) is 8.42 Å². The minimum atomic E-state index is -3.14. The van der Waals surface area contributed by atoms with Crippen molar-refractivity contribution in [1.29, 1.82) is 0 Å². The van der Waals surface area contributed by atoms with Crippen molar-refractivity contribution in [2.24, 2.45) is 7.05 Å². The number of rotatable bonds is 3. The van der Waals surface area contributed by atoms with Crippen LogP contribution in [0.25, 0.3) is 0 Å². The normalized spacial score (nSPS) is 25.5. The Labute approximate surface area is 133 Å². The van der Waals surface area contributed by atoms with E-state index < -0.39 is 10.0 Å². The van der Waals surface area contributed by atoms with E-state index in [0.29, 0.717) is 13.1 Å². The summed E-state index contributed by atoms with van der Waals surface area (Å²) in [6, 6.07) is 0. The van der Waals surface area contributed by atoms with Gasteiger partial charge in [-0.3, -0.25) is 0 Å². The average molecular weight is 325 g/mol. The van der Waals surface area contributed by atoms with Crippen molar-refractivity contribution in [2.75, 3.05) is 13.1 Å². The molecule has 5 nitrogen and oxygen atoms in total. The van der Waals surface area contributed by atoms with Crippen molar-refractivity contribution in [2.45, 2.75) is 63.0 Å². The molecule has 0 unspecified atom stereocenters. The number of piperidine rings is 1. The lowest BCUT2D eigenvalue weighted by Gasteiger charge is -2.35. The Morgan fingerprint density at radius 2 is 1.86 bits per heavy atom. The molecule has 1 aliphatic carbocycles. The van der Waals surface area contributed by atoms with Crippen LogP contribution < -0.4 is 0 Å². The molecule has 0 spiro atoms. The maximum atomic E-state index is 12.9. The van der Waals surface area contributed by atoms with Crippen LogP contribution in [0.1, 0.15) is 62.4 Å². The van der Waals surface area contributed by atoms with E-state index in [0.717, 1.165) is 50.0 Å². The molecule has 1 atom stereocenters. The van der Waals surface area contributed by atoms with Crippen LogP contribution in [0.2, 0.25) is 0 Å². The lowest BCUT2D eigenvalue weighted by Crippen LogP contribution is -2.44. The predicted octanol–water partition coefficient (Wildman–Crippen LogP) is 2.57. The van der Waals surface area contributed by atoms with Crippen LogP contribution in [0.5, 0.6) is 0 Å². The van der Waals surface area contributed by atoms with Gasteiger partial charge in [-0.1, -0.05) is 19.3 Å². The summed E-state index contributed by atoms with van der Waals surface area (Å²) < 4.78 is 29.6. The Bertz CT molecular complexity index is 617.